The molecule has 0 fully saturated rings. The van der Waals surface area contributed by atoms with E-state index in [0.717, 1.165) is 16.7 Å². The molecule has 0 aliphatic rings. The average Bonchev–Trinajstić information content (AvgIpc) is 3.47. The molecular weight excluding hydrogens is 613 g/mol. The Morgan fingerprint density at radius 3 is 2.56 bits per heavy atom. The van der Waals surface area contributed by atoms with Crippen LogP contribution in [0.1, 0.15) is 23.6 Å². The van der Waals surface area contributed by atoms with E-state index in [2.05, 4.69) is 35.4 Å². The highest BCUT2D eigenvalue weighted by molar-refractivity contribution is 8.14. The van der Waals surface area contributed by atoms with Gasteiger partial charge in [-0.2, -0.15) is 4.99 Å². The topological polar surface area (TPSA) is 136 Å². The molecule has 0 saturated heterocycles. The van der Waals surface area contributed by atoms with Crippen molar-refractivity contribution < 1.29 is 32.2 Å². The fraction of sp³-hybridized carbons (Fsp3) is 0.241. The molecule has 2 heterocycles. The first kappa shape index (κ1) is 32.9. The number of benzene rings is 2. The van der Waals surface area contributed by atoms with E-state index in [1.54, 1.807) is 25.4 Å². The summed E-state index contributed by atoms with van der Waals surface area (Å²) in [7, 11) is 1.56. The van der Waals surface area contributed by atoms with Gasteiger partial charge in [-0.1, -0.05) is 36.9 Å². The largest absolute Gasteiger partial charge is 0.573 e. The number of carbonyl (C=O) groups excluding carboxylic acids is 2. The summed E-state index contributed by atoms with van der Waals surface area (Å²) < 4.78 is 47.7. The molecule has 2 aromatic heterocycles. The second kappa shape index (κ2) is 15.2. The van der Waals surface area contributed by atoms with Crippen molar-refractivity contribution in [1.82, 2.24) is 19.7 Å². The van der Waals surface area contributed by atoms with Gasteiger partial charge in [0.05, 0.1) is 18.0 Å². The van der Waals surface area contributed by atoms with E-state index >= 15 is 0 Å². The third-order valence-corrected chi connectivity index (χ3v) is 6.75. The van der Waals surface area contributed by atoms with Gasteiger partial charge in [-0.05, 0) is 60.2 Å². The normalized spacial score (nSPS) is 11.6. The van der Waals surface area contributed by atoms with Gasteiger partial charge in [-0.3, -0.25) is 15.0 Å². The lowest BCUT2D eigenvalue weighted by Crippen LogP contribution is -2.30. The first-order valence-electron chi connectivity index (χ1n) is 13.4. The average molecular weight is 643 g/mol. The molecule has 4 rings (SSSR count). The lowest BCUT2D eigenvalue weighted by atomic mass is 10.1. The summed E-state index contributed by atoms with van der Waals surface area (Å²) in [4.78, 5) is 38.8. The van der Waals surface area contributed by atoms with Gasteiger partial charge >= 0.3 is 12.4 Å². The minimum absolute atomic E-state index is 0.200. The van der Waals surface area contributed by atoms with Crippen LogP contribution in [0.3, 0.4) is 0 Å². The van der Waals surface area contributed by atoms with Crippen LogP contribution in [-0.4, -0.2) is 56.6 Å². The zero-order valence-electron chi connectivity index (χ0n) is 24.4. The van der Waals surface area contributed by atoms with Crippen LogP contribution in [0.25, 0.3) is 5.69 Å². The number of ether oxygens (including phenoxy) is 2. The summed E-state index contributed by atoms with van der Waals surface area (Å²) in [5.41, 5.74) is 3.50. The Kier molecular flexibility index (Phi) is 11.1. The Hall–Kier alpha value is -4.96. The molecule has 0 unspecified atom stereocenters. The molecule has 0 saturated carbocycles. The lowest BCUT2D eigenvalue weighted by molar-refractivity contribution is -0.274. The molecule has 4 aromatic rings. The molecule has 0 bridgehead atoms. The summed E-state index contributed by atoms with van der Waals surface area (Å²) in [6.07, 6.45) is -1.20. The van der Waals surface area contributed by atoms with Crippen LogP contribution in [0.5, 0.6) is 5.75 Å². The van der Waals surface area contributed by atoms with Crippen LogP contribution >= 0.6 is 11.8 Å². The highest BCUT2D eigenvalue weighted by Crippen LogP contribution is 2.26. The van der Waals surface area contributed by atoms with Gasteiger partial charge in [0.15, 0.2) is 5.17 Å². The maximum Gasteiger partial charge on any atom is 0.573 e. The number of carbonyl (C=O) groups is 2. The smallest absolute Gasteiger partial charge is 0.406 e. The van der Waals surface area contributed by atoms with E-state index in [1.807, 2.05) is 32.0 Å². The fourth-order valence-corrected chi connectivity index (χ4v) is 4.63. The van der Waals surface area contributed by atoms with Crippen LogP contribution in [0, 0.1) is 6.92 Å². The molecular formula is C29H29F3N8O4S. The van der Waals surface area contributed by atoms with E-state index in [0.29, 0.717) is 30.1 Å². The number of aliphatic imine (C=N–C) groups is 1. The molecule has 16 heteroatoms. The third-order valence-electron chi connectivity index (χ3n) is 5.92. The summed E-state index contributed by atoms with van der Waals surface area (Å²) in [6, 6.07) is 13.4. The summed E-state index contributed by atoms with van der Waals surface area (Å²) in [5, 5.41) is 10.1. The molecule has 2 aromatic carbocycles. The summed E-state index contributed by atoms with van der Waals surface area (Å²) in [6.45, 7) is 4.36. The zero-order valence-corrected chi connectivity index (χ0v) is 25.2. The molecule has 0 atom stereocenters. The molecule has 236 valence electrons. The quantitative estimate of drug-likeness (QED) is 0.116. The van der Waals surface area contributed by atoms with Crippen LogP contribution in [-0.2, 0) is 22.7 Å². The van der Waals surface area contributed by atoms with Crippen LogP contribution in [0.15, 0.2) is 72.1 Å². The lowest BCUT2D eigenvalue weighted by Gasteiger charge is -2.22. The third kappa shape index (κ3) is 9.51. The van der Waals surface area contributed by atoms with Crippen molar-refractivity contribution in [2.24, 2.45) is 4.99 Å². The molecule has 45 heavy (non-hydrogen) atoms. The molecule has 0 spiro atoms. The Bertz CT molecular complexity index is 1630. The van der Waals surface area contributed by atoms with E-state index < -0.39 is 12.4 Å². The van der Waals surface area contributed by atoms with Gasteiger partial charge < -0.3 is 14.8 Å². The number of nitrogens with one attached hydrogen (secondary N) is 2. The van der Waals surface area contributed by atoms with Crippen molar-refractivity contribution in [2.75, 3.05) is 28.4 Å². The van der Waals surface area contributed by atoms with Gasteiger partial charge in [-0.25, -0.2) is 19.4 Å². The Morgan fingerprint density at radius 1 is 1.13 bits per heavy atom. The molecule has 2 N–H and O–H groups in total. The number of urea groups is 1. The first-order valence-corrected chi connectivity index (χ1v) is 14.4. The second-order valence-electron chi connectivity index (χ2n) is 9.26. The van der Waals surface area contributed by atoms with Gasteiger partial charge in [0, 0.05) is 25.4 Å². The minimum atomic E-state index is -4.77. The van der Waals surface area contributed by atoms with Crippen molar-refractivity contribution in [3.05, 3.63) is 83.8 Å². The standard InChI is InChI=1S/C29H29F3N8O4S/c1-4-45-28(39(18-41)24-13-19(2)5-7-21(24)16-43-3)37-27(42)36-25-12-6-20(14-33-25)15-34-26-35-17-40(38-26)22-8-10-23(11-9-22)44-29(30,31)32/h5-14,17-18H,4,15-16H2,1-3H3,(H,34,38)(H,33,36,42). The van der Waals surface area contributed by atoms with Crippen molar-refractivity contribution in [1.29, 1.82) is 0 Å². The maximum absolute atomic E-state index is 12.8. The van der Waals surface area contributed by atoms with Crippen LogP contribution in [0.4, 0.5) is 35.4 Å². The molecule has 3 amide bonds. The number of aryl methyl sites for hydroxylation is 1. The molecule has 0 radical (unpaired) electrons. The number of rotatable bonds is 11. The number of amides is 3. The maximum atomic E-state index is 12.8. The van der Waals surface area contributed by atoms with Crippen molar-refractivity contribution in [3.8, 4) is 11.4 Å². The fourth-order valence-electron chi connectivity index (χ4n) is 3.94. The van der Waals surface area contributed by atoms with Crippen molar-refractivity contribution in [3.63, 3.8) is 0 Å². The van der Waals surface area contributed by atoms with E-state index in [4.69, 9.17) is 4.74 Å². The van der Waals surface area contributed by atoms with Crippen molar-refractivity contribution in [2.45, 2.75) is 33.4 Å². The Balaban J connectivity index is 1.37. The second-order valence-corrected chi connectivity index (χ2v) is 10.5. The number of pyridine rings is 1. The number of thioether (sulfide) groups is 1. The first-order chi connectivity index (χ1) is 21.6. The van der Waals surface area contributed by atoms with Gasteiger partial charge in [0.25, 0.3) is 0 Å². The van der Waals surface area contributed by atoms with Crippen LogP contribution in [0.2, 0.25) is 0 Å². The highest BCUT2D eigenvalue weighted by Gasteiger charge is 2.31. The highest BCUT2D eigenvalue weighted by atomic mass is 32.2. The van der Waals surface area contributed by atoms with Gasteiger partial charge in [-0.15, -0.1) is 18.3 Å². The number of hydrogen-bond acceptors (Lipinski definition) is 9. The SMILES string of the molecule is CCSC(=NC(=O)Nc1ccc(CNc2ncn(-c3ccc(OC(F)(F)F)cc3)n2)cn1)N(C=O)c1cc(C)ccc1COC. The minimum Gasteiger partial charge on any atom is -0.406 e. The number of halogens is 3. The number of anilines is 3. The van der Waals surface area contributed by atoms with Crippen molar-refractivity contribution >= 4 is 46.8 Å². The zero-order chi connectivity index (χ0) is 32.4. The van der Waals surface area contributed by atoms with E-state index in [-0.39, 0.29) is 29.3 Å². The Labute approximate surface area is 260 Å². The van der Waals surface area contributed by atoms with Gasteiger partial charge in [0.1, 0.15) is 17.9 Å². The monoisotopic (exact) mass is 642 g/mol. The predicted molar refractivity (Wildman–Crippen MR) is 165 cm³/mol. The molecule has 0 aliphatic carbocycles. The number of methoxy groups -OCH3 is 1. The van der Waals surface area contributed by atoms with E-state index in [9.17, 15) is 22.8 Å². The predicted octanol–water partition coefficient (Wildman–Crippen LogP) is 5.93. The number of amidine groups is 1. The molecule has 0 aliphatic heterocycles. The van der Waals surface area contributed by atoms with E-state index in [1.165, 1.54) is 51.9 Å². The van der Waals surface area contributed by atoms with Crippen LogP contribution < -0.4 is 20.3 Å². The number of alkyl halides is 3. The number of aromatic nitrogens is 4. The summed E-state index contributed by atoms with van der Waals surface area (Å²) >= 11 is 1.24. The Morgan fingerprint density at radius 2 is 1.91 bits per heavy atom. The molecule has 12 nitrogen and oxygen atoms in total. The number of nitrogens with zero attached hydrogens (tertiary/aromatic N) is 6. The number of hydrogen-bond donors (Lipinski definition) is 2. The summed E-state index contributed by atoms with van der Waals surface area (Å²) in [5.74, 6) is 0.755. The van der Waals surface area contributed by atoms with Gasteiger partial charge in [0.2, 0.25) is 12.4 Å².